The number of hydrogen-bond acceptors (Lipinski definition) is 4. The third-order valence-corrected chi connectivity index (χ3v) is 3.09. The van der Waals surface area contributed by atoms with Crippen LogP contribution >= 0.6 is 0 Å². The molecular weight excluding hydrogens is 196 g/mol. The number of cyclic esters (lactones) is 1. The van der Waals surface area contributed by atoms with Crippen molar-refractivity contribution >= 4 is 6.09 Å². The van der Waals surface area contributed by atoms with E-state index in [0.717, 1.165) is 39.0 Å². The smallest absolute Gasteiger partial charge is 0.410 e. The standard InChI is InChI=1S/C10H18N2O3/c11-7-9-1-4-12(10(13)15-9)8-2-5-14-6-3-8/h8-9H,1-7,11H2. The molecule has 0 aromatic carbocycles. The van der Waals surface area contributed by atoms with Crippen molar-refractivity contribution in [1.29, 1.82) is 0 Å². The summed E-state index contributed by atoms with van der Waals surface area (Å²) in [4.78, 5) is 13.5. The molecule has 2 rings (SSSR count). The zero-order valence-electron chi connectivity index (χ0n) is 8.85. The second-order valence-corrected chi connectivity index (χ2v) is 4.07. The van der Waals surface area contributed by atoms with Crippen molar-refractivity contribution < 1.29 is 14.3 Å². The molecule has 2 heterocycles. The fourth-order valence-electron chi connectivity index (χ4n) is 2.14. The van der Waals surface area contributed by atoms with Crippen LogP contribution in [0.4, 0.5) is 4.79 Å². The zero-order chi connectivity index (χ0) is 10.7. The molecule has 0 radical (unpaired) electrons. The van der Waals surface area contributed by atoms with Crippen LogP contribution in [0.2, 0.25) is 0 Å². The van der Waals surface area contributed by atoms with E-state index >= 15 is 0 Å². The van der Waals surface area contributed by atoms with Gasteiger partial charge in [0.2, 0.25) is 0 Å². The summed E-state index contributed by atoms with van der Waals surface area (Å²) in [6, 6.07) is 0.296. The maximum absolute atomic E-state index is 11.7. The summed E-state index contributed by atoms with van der Waals surface area (Å²) < 4.78 is 10.5. The quantitative estimate of drug-likeness (QED) is 0.719. The van der Waals surface area contributed by atoms with E-state index in [-0.39, 0.29) is 12.2 Å². The number of hydrogen-bond donors (Lipinski definition) is 1. The number of nitrogens with zero attached hydrogens (tertiary/aromatic N) is 1. The maximum Gasteiger partial charge on any atom is 0.410 e. The fraction of sp³-hybridized carbons (Fsp3) is 0.900. The molecule has 2 aliphatic rings. The summed E-state index contributed by atoms with van der Waals surface area (Å²) >= 11 is 0. The lowest BCUT2D eigenvalue weighted by Gasteiger charge is -2.38. The predicted octanol–water partition coefficient (Wildman–Crippen LogP) is 0.335. The van der Waals surface area contributed by atoms with Crippen molar-refractivity contribution in [2.75, 3.05) is 26.3 Å². The molecule has 0 aromatic rings. The number of carbonyl (C=O) groups is 1. The lowest BCUT2D eigenvalue weighted by molar-refractivity contribution is -0.0129. The zero-order valence-corrected chi connectivity index (χ0v) is 8.85. The Balaban J connectivity index is 1.90. The van der Waals surface area contributed by atoms with Crippen LogP contribution in [-0.2, 0) is 9.47 Å². The molecule has 5 heteroatoms. The predicted molar refractivity (Wildman–Crippen MR) is 54.5 cm³/mol. The average molecular weight is 214 g/mol. The van der Waals surface area contributed by atoms with Gasteiger partial charge in [0.15, 0.2) is 0 Å². The van der Waals surface area contributed by atoms with E-state index in [1.165, 1.54) is 0 Å². The minimum atomic E-state index is -0.205. The summed E-state index contributed by atoms with van der Waals surface area (Å²) in [7, 11) is 0. The Hall–Kier alpha value is -0.810. The molecule has 0 bridgehead atoms. The molecule has 0 spiro atoms. The molecule has 86 valence electrons. The van der Waals surface area contributed by atoms with E-state index < -0.39 is 0 Å². The Bertz CT molecular complexity index is 229. The Morgan fingerprint density at radius 3 is 2.67 bits per heavy atom. The topological polar surface area (TPSA) is 64.8 Å². The van der Waals surface area contributed by atoms with E-state index in [0.29, 0.717) is 12.6 Å². The van der Waals surface area contributed by atoms with Gasteiger partial charge in [-0.1, -0.05) is 0 Å². The Morgan fingerprint density at radius 1 is 1.33 bits per heavy atom. The van der Waals surface area contributed by atoms with Crippen LogP contribution in [-0.4, -0.2) is 49.4 Å². The molecule has 1 amide bonds. The number of nitrogens with two attached hydrogens (primary N) is 1. The van der Waals surface area contributed by atoms with Crippen LogP contribution in [0.3, 0.4) is 0 Å². The van der Waals surface area contributed by atoms with Gasteiger partial charge in [-0.3, -0.25) is 0 Å². The van der Waals surface area contributed by atoms with Crippen molar-refractivity contribution in [2.24, 2.45) is 5.73 Å². The number of amides is 1. The third-order valence-electron chi connectivity index (χ3n) is 3.09. The molecule has 2 aliphatic heterocycles. The van der Waals surface area contributed by atoms with Crippen LogP contribution in [0.1, 0.15) is 19.3 Å². The maximum atomic E-state index is 11.7. The third kappa shape index (κ3) is 2.41. The van der Waals surface area contributed by atoms with Crippen LogP contribution < -0.4 is 5.73 Å². The Labute approximate surface area is 89.5 Å². The first-order valence-electron chi connectivity index (χ1n) is 5.56. The Kier molecular flexibility index (Phi) is 3.43. The van der Waals surface area contributed by atoms with Gasteiger partial charge in [-0.25, -0.2) is 4.79 Å². The van der Waals surface area contributed by atoms with E-state index in [9.17, 15) is 4.79 Å². The van der Waals surface area contributed by atoms with E-state index in [4.69, 9.17) is 15.2 Å². The van der Waals surface area contributed by atoms with Gasteiger partial charge in [0.25, 0.3) is 0 Å². The van der Waals surface area contributed by atoms with Gasteiger partial charge >= 0.3 is 6.09 Å². The second kappa shape index (κ2) is 4.81. The highest BCUT2D eigenvalue weighted by molar-refractivity contribution is 5.69. The summed E-state index contributed by atoms with van der Waals surface area (Å²) in [5.41, 5.74) is 5.47. The van der Waals surface area contributed by atoms with Crippen LogP contribution in [0.15, 0.2) is 0 Å². The van der Waals surface area contributed by atoms with Crippen LogP contribution in [0, 0.1) is 0 Å². The van der Waals surface area contributed by atoms with E-state index in [1.54, 1.807) is 0 Å². The number of carbonyl (C=O) groups excluding carboxylic acids is 1. The van der Waals surface area contributed by atoms with Crippen molar-refractivity contribution in [2.45, 2.75) is 31.4 Å². The second-order valence-electron chi connectivity index (χ2n) is 4.07. The first-order chi connectivity index (χ1) is 7.31. The summed E-state index contributed by atoms with van der Waals surface area (Å²) in [5, 5.41) is 0. The highest BCUT2D eigenvalue weighted by atomic mass is 16.6. The van der Waals surface area contributed by atoms with E-state index in [1.807, 2.05) is 4.90 Å². The van der Waals surface area contributed by atoms with Gasteiger partial charge < -0.3 is 20.1 Å². The largest absolute Gasteiger partial charge is 0.445 e. The molecule has 5 nitrogen and oxygen atoms in total. The van der Waals surface area contributed by atoms with Gasteiger partial charge in [0.05, 0.1) is 0 Å². The normalized spacial score (nSPS) is 29.0. The molecule has 0 saturated carbocycles. The lowest BCUT2D eigenvalue weighted by atomic mass is 10.1. The SMILES string of the molecule is NCC1CCN(C2CCOCC2)C(=O)O1. The highest BCUT2D eigenvalue weighted by Crippen LogP contribution is 2.20. The van der Waals surface area contributed by atoms with Crippen molar-refractivity contribution in [3.8, 4) is 0 Å². The summed E-state index contributed by atoms with van der Waals surface area (Å²) in [6.07, 6.45) is 2.39. The van der Waals surface area contributed by atoms with E-state index in [2.05, 4.69) is 0 Å². The minimum Gasteiger partial charge on any atom is -0.445 e. The van der Waals surface area contributed by atoms with Crippen molar-refractivity contribution in [3.63, 3.8) is 0 Å². The highest BCUT2D eigenvalue weighted by Gasteiger charge is 2.32. The van der Waals surface area contributed by atoms with Gasteiger partial charge in [0, 0.05) is 38.8 Å². The number of ether oxygens (including phenoxy) is 2. The Morgan fingerprint density at radius 2 is 2.07 bits per heavy atom. The molecule has 2 N–H and O–H groups in total. The van der Waals surface area contributed by atoms with Gasteiger partial charge in [-0.05, 0) is 12.8 Å². The van der Waals surface area contributed by atoms with Gasteiger partial charge in [0.1, 0.15) is 6.10 Å². The molecule has 1 atom stereocenters. The number of rotatable bonds is 2. The van der Waals surface area contributed by atoms with Crippen molar-refractivity contribution in [3.05, 3.63) is 0 Å². The molecule has 2 fully saturated rings. The summed E-state index contributed by atoms with van der Waals surface area (Å²) in [6.45, 7) is 2.68. The van der Waals surface area contributed by atoms with Gasteiger partial charge in [-0.2, -0.15) is 0 Å². The lowest BCUT2D eigenvalue weighted by Crippen LogP contribution is -2.50. The fourth-order valence-corrected chi connectivity index (χ4v) is 2.14. The molecule has 2 saturated heterocycles. The minimum absolute atomic E-state index is 0.0893. The molecule has 0 aliphatic carbocycles. The summed E-state index contributed by atoms with van der Waals surface area (Å²) in [5.74, 6) is 0. The monoisotopic (exact) mass is 214 g/mol. The van der Waals surface area contributed by atoms with Crippen LogP contribution in [0.5, 0.6) is 0 Å². The van der Waals surface area contributed by atoms with Crippen LogP contribution in [0.25, 0.3) is 0 Å². The first-order valence-corrected chi connectivity index (χ1v) is 5.56. The molecule has 0 aromatic heterocycles. The molecule has 1 unspecified atom stereocenters. The van der Waals surface area contributed by atoms with Crippen molar-refractivity contribution in [1.82, 2.24) is 4.90 Å². The first kappa shape index (κ1) is 10.7. The molecule has 15 heavy (non-hydrogen) atoms. The molecular formula is C10H18N2O3. The average Bonchev–Trinajstić information content (AvgIpc) is 2.30. The van der Waals surface area contributed by atoms with Gasteiger partial charge in [-0.15, -0.1) is 0 Å².